The molecule has 0 N–H and O–H groups in total. The van der Waals surface area contributed by atoms with Crippen molar-refractivity contribution in [1.29, 1.82) is 0 Å². The first-order chi connectivity index (χ1) is 29.4. The van der Waals surface area contributed by atoms with Crippen LogP contribution in [0.25, 0.3) is 22.3 Å². The van der Waals surface area contributed by atoms with Crippen molar-refractivity contribution in [3.8, 4) is 34.1 Å². The molecule has 1 heterocycles. The van der Waals surface area contributed by atoms with E-state index in [1.807, 2.05) is 12.1 Å². The summed E-state index contributed by atoms with van der Waals surface area (Å²) >= 11 is 0. The minimum atomic E-state index is -1.55. The molecule has 3 aliphatic rings. The largest absolute Gasteiger partial charge is 1.00 e. The van der Waals surface area contributed by atoms with Crippen LogP contribution in [0.15, 0.2) is 199 Å². The Morgan fingerprint density at radius 2 is 0.968 bits per heavy atom. The Kier molecular flexibility index (Phi) is 17.0. The van der Waals surface area contributed by atoms with Gasteiger partial charge in [-0.1, -0.05) is 145 Å². The van der Waals surface area contributed by atoms with Gasteiger partial charge in [-0.2, -0.15) is 0 Å². The molecule has 7 aromatic rings. The van der Waals surface area contributed by atoms with E-state index in [-0.39, 0.29) is 44.8 Å². The summed E-state index contributed by atoms with van der Waals surface area (Å²) in [4.78, 5) is 0. The molecular formula is C57H50Au2P2Si+2. The maximum atomic E-state index is 7.26. The van der Waals surface area contributed by atoms with Gasteiger partial charge in [0.1, 0.15) is 20.4 Å². The zero-order chi connectivity index (χ0) is 41.3. The fourth-order valence-electron chi connectivity index (χ4n) is 8.92. The molecule has 1 unspecified atom stereocenters. The van der Waals surface area contributed by atoms with E-state index in [1.54, 1.807) is 10.6 Å². The van der Waals surface area contributed by atoms with Gasteiger partial charge >= 0.3 is 44.8 Å². The van der Waals surface area contributed by atoms with Crippen molar-refractivity contribution in [1.82, 2.24) is 0 Å². The molecule has 7 aromatic carbocycles. The first kappa shape index (κ1) is 47.2. The van der Waals surface area contributed by atoms with Gasteiger partial charge in [0.2, 0.25) is 0 Å². The maximum Gasteiger partial charge on any atom is 1.00 e. The zero-order valence-electron chi connectivity index (χ0n) is 35.1. The number of benzene rings is 7. The van der Waals surface area contributed by atoms with Gasteiger partial charge in [0.25, 0.3) is 0 Å². The van der Waals surface area contributed by atoms with Crippen molar-refractivity contribution in [2.24, 2.45) is 0 Å². The standard InChI is InChI=1S/C26H26P2.C16H13Si.C15H9.2Au/c1-5-13-23(14-6-1)27(24-15-7-2-8-16-24)21-22-28(25-17-9-3-10-18-25)26-19-11-4-12-20-26;1-4-12-9-10-14-13-7-5-6-8-15(13)17(2,3)16(14)11-12;1-2-11-7-8-15-13(9-11)10-12-5-3-4-6-14(12)15;;/h1-3,5-11,13-20H,4,12,21-22H2;5-11H,2-3H3;3-9H,10H2;;/q;2*-1;2*+1/p+2. The third kappa shape index (κ3) is 10.7. The van der Waals surface area contributed by atoms with E-state index in [9.17, 15) is 0 Å². The molecular weight excluding hydrogens is 1170 g/mol. The van der Waals surface area contributed by atoms with Gasteiger partial charge in [-0.05, 0) is 101 Å². The molecule has 0 aromatic heterocycles. The van der Waals surface area contributed by atoms with Crippen LogP contribution in [-0.2, 0) is 51.2 Å². The summed E-state index contributed by atoms with van der Waals surface area (Å²) in [6.07, 6.45) is 27.6. The van der Waals surface area contributed by atoms with E-state index < -0.39 is 23.9 Å². The fourth-order valence-corrected chi connectivity index (χ4v) is 18.3. The molecule has 0 radical (unpaired) electrons. The summed E-state index contributed by atoms with van der Waals surface area (Å²) in [5.41, 5.74) is 9.84. The first-order valence-electron chi connectivity index (χ1n) is 21.0. The molecule has 0 nitrogen and oxygen atoms in total. The summed E-state index contributed by atoms with van der Waals surface area (Å²) in [7, 11) is -3.05. The average Bonchev–Trinajstić information content (AvgIpc) is 3.80. The van der Waals surface area contributed by atoms with Crippen LogP contribution in [0.1, 0.15) is 35.1 Å². The molecule has 312 valence electrons. The van der Waals surface area contributed by atoms with Crippen LogP contribution in [0.5, 0.6) is 0 Å². The Bertz CT molecular complexity index is 2710. The molecule has 62 heavy (non-hydrogen) atoms. The van der Waals surface area contributed by atoms with Gasteiger partial charge in [0, 0.05) is 0 Å². The predicted octanol–water partition coefficient (Wildman–Crippen LogP) is 11.2. The zero-order valence-corrected chi connectivity index (χ0v) is 42.4. The van der Waals surface area contributed by atoms with Crippen LogP contribution >= 0.6 is 15.8 Å². The molecule has 2 aliphatic carbocycles. The van der Waals surface area contributed by atoms with Gasteiger partial charge in [-0.3, -0.25) is 11.8 Å². The second-order valence-electron chi connectivity index (χ2n) is 16.1. The van der Waals surface area contributed by atoms with E-state index in [4.69, 9.17) is 12.8 Å². The summed E-state index contributed by atoms with van der Waals surface area (Å²) < 4.78 is 0. The van der Waals surface area contributed by atoms with Crippen LogP contribution in [0.4, 0.5) is 0 Å². The second kappa shape index (κ2) is 22.4. The van der Waals surface area contributed by atoms with Crippen molar-refractivity contribution in [3.05, 3.63) is 235 Å². The minimum Gasteiger partial charge on any atom is -0.366 e. The van der Waals surface area contributed by atoms with Crippen molar-refractivity contribution >= 4 is 50.2 Å². The average molecular weight is 1220 g/mol. The monoisotopic (exact) mass is 1220 g/mol. The van der Waals surface area contributed by atoms with Gasteiger partial charge in [-0.15, -0.1) is 35.4 Å². The number of hydrogen-bond acceptors (Lipinski definition) is 0. The van der Waals surface area contributed by atoms with Crippen molar-refractivity contribution in [2.45, 2.75) is 32.4 Å². The van der Waals surface area contributed by atoms with Gasteiger partial charge < -0.3 is 12.8 Å². The smallest absolute Gasteiger partial charge is 0.366 e. The molecule has 1 atom stereocenters. The quantitative estimate of drug-likeness (QED) is 0.0646. The molecule has 1 aliphatic heterocycles. The number of rotatable bonds is 7. The van der Waals surface area contributed by atoms with E-state index in [0.29, 0.717) is 0 Å². The van der Waals surface area contributed by atoms with Crippen molar-refractivity contribution < 1.29 is 44.8 Å². The fraction of sp³-hybridized carbons (Fsp3) is 0.123. The maximum absolute atomic E-state index is 7.26. The van der Waals surface area contributed by atoms with Crippen molar-refractivity contribution in [2.75, 3.05) is 12.3 Å². The van der Waals surface area contributed by atoms with Crippen molar-refractivity contribution in [3.63, 3.8) is 0 Å². The summed E-state index contributed by atoms with van der Waals surface area (Å²) in [5.74, 6) is 4.93. The van der Waals surface area contributed by atoms with Crippen LogP contribution in [0, 0.1) is 24.7 Å². The molecule has 0 saturated heterocycles. The third-order valence-electron chi connectivity index (χ3n) is 12.0. The van der Waals surface area contributed by atoms with Gasteiger partial charge in [0.15, 0.2) is 0 Å². The van der Waals surface area contributed by atoms with E-state index in [2.05, 4.69) is 207 Å². The van der Waals surface area contributed by atoms with Crippen LogP contribution in [-0.4, -0.2) is 20.4 Å². The van der Waals surface area contributed by atoms with Gasteiger partial charge in [0.05, 0.1) is 37.1 Å². The number of fused-ring (bicyclic) bond motifs is 6. The number of allylic oxidation sites excluding steroid dienone is 4. The van der Waals surface area contributed by atoms with E-state index in [1.165, 1.54) is 79.5 Å². The SMILES string of the molecule is C1=CC([PH+](CC[PH+](c2ccccc2)c2ccccc2)c2ccccc2)=CCC1.[Au+].[Au+].[C-]#Cc1ccc2c(c1)Cc1ccccc1-2.[C-]#Cc1ccc2c(c1)[Si](C)(C)c1ccccc1-2. The number of hydrogen-bond donors (Lipinski definition) is 0. The Labute approximate surface area is 405 Å². The predicted molar refractivity (Wildman–Crippen MR) is 267 cm³/mol. The minimum absolute atomic E-state index is 0. The molecule has 0 spiro atoms. The summed E-state index contributed by atoms with van der Waals surface area (Å²) in [6.45, 7) is 4.76. The normalized spacial score (nSPS) is 13.5. The Balaban J connectivity index is 0.000000162. The molecule has 0 amide bonds. The van der Waals surface area contributed by atoms with E-state index in [0.717, 1.165) is 17.5 Å². The Morgan fingerprint density at radius 1 is 0.484 bits per heavy atom. The van der Waals surface area contributed by atoms with Crippen LogP contribution in [0.2, 0.25) is 13.1 Å². The Hall–Kier alpha value is -4.30. The summed E-state index contributed by atoms with van der Waals surface area (Å²) in [5, 5.41) is 9.16. The third-order valence-corrected chi connectivity index (χ3v) is 21.7. The molecule has 0 saturated carbocycles. The van der Waals surface area contributed by atoms with Crippen LogP contribution in [0.3, 0.4) is 0 Å². The van der Waals surface area contributed by atoms with Gasteiger partial charge in [-0.25, -0.2) is 0 Å². The summed E-state index contributed by atoms with van der Waals surface area (Å²) in [6, 6.07) is 63.1. The molecule has 5 heteroatoms. The van der Waals surface area contributed by atoms with E-state index >= 15 is 0 Å². The first-order valence-corrected chi connectivity index (χ1v) is 27.4. The Morgan fingerprint density at radius 3 is 1.56 bits per heavy atom. The molecule has 10 rings (SSSR count). The molecule has 0 bridgehead atoms. The van der Waals surface area contributed by atoms with Crippen LogP contribution < -0.4 is 26.3 Å². The second-order valence-corrected chi connectivity index (χ2v) is 25.6. The topological polar surface area (TPSA) is 0 Å². The molecule has 0 fully saturated rings.